The second-order valence-corrected chi connectivity index (χ2v) is 3.96. The molecule has 0 bridgehead atoms. The molecule has 2 aliphatic carbocycles. The lowest BCUT2D eigenvalue weighted by Gasteiger charge is -2.43. The molecule has 12 heavy (non-hydrogen) atoms. The Kier molecular flexibility index (Phi) is 1.06. The van der Waals surface area contributed by atoms with Gasteiger partial charge in [0, 0.05) is 5.92 Å². The predicted molar refractivity (Wildman–Crippen MR) is 46.9 cm³/mol. The predicted octanol–water partition coefficient (Wildman–Crippen LogP) is 2.16. The van der Waals surface area contributed by atoms with E-state index in [-0.39, 0.29) is 0 Å². The van der Waals surface area contributed by atoms with Crippen molar-refractivity contribution in [3.05, 3.63) is 35.4 Å². The van der Waals surface area contributed by atoms with Crippen LogP contribution in [0.25, 0.3) is 0 Å². The van der Waals surface area contributed by atoms with E-state index >= 15 is 0 Å². The van der Waals surface area contributed by atoms with Crippen LogP contribution in [0, 0.1) is 0 Å². The molecular formula is C11H12O. The van der Waals surface area contributed by atoms with Crippen LogP contribution in [-0.2, 0) is 5.60 Å². The fraction of sp³-hybridized carbons (Fsp3) is 0.455. The number of benzene rings is 1. The molecule has 2 aliphatic rings. The number of rotatable bonds is 0. The van der Waals surface area contributed by atoms with E-state index in [4.69, 9.17) is 0 Å². The molecule has 1 saturated carbocycles. The molecule has 3 rings (SSSR count). The van der Waals surface area contributed by atoms with E-state index in [1.165, 1.54) is 24.0 Å². The third kappa shape index (κ3) is 0.558. The zero-order valence-corrected chi connectivity index (χ0v) is 6.96. The van der Waals surface area contributed by atoms with Gasteiger partial charge in [0.05, 0.1) is 5.60 Å². The Bertz CT molecular complexity index is 332. The van der Waals surface area contributed by atoms with Gasteiger partial charge in [-0.3, -0.25) is 0 Å². The van der Waals surface area contributed by atoms with Crippen molar-refractivity contribution in [3.8, 4) is 0 Å². The number of aliphatic hydroxyl groups is 1. The monoisotopic (exact) mass is 160 g/mol. The minimum atomic E-state index is -0.434. The highest BCUT2D eigenvalue weighted by Crippen LogP contribution is 2.59. The second-order valence-electron chi connectivity index (χ2n) is 3.96. The third-order valence-corrected chi connectivity index (χ3v) is 3.43. The zero-order chi connectivity index (χ0) is 8.18. The summed E-state index contributed by atoms with van der Waals surface area (Å²) in [4.78, 5) is 0. The van der Waals surface area contributed by atoms with Gasteiger partial charge in [-0.05, 0) is 30.4 Å². The van der Waals surface area contributed by atoms with Crippen LogP contribution in [0.5, 0.6) is 0 Å². The molecule has 2 atom stereocenters. The third-order valence-electron chi connectivity index (χ3n) is 3.43. The van der Waals surface area contributed by atoms with Gasteiger partial charge in [0.1, 0.15) is 0 Å². The van der Waals surface area contributed by atoms with Crippen molar-refractivity contribution in [2.45, 2.75) is 30.8 Å². The first kappa shape index (κ1) is 6.67. The van der Waals surface area contributed by atoms with Gasteiger partial charge in [0.15, 0.2) is 0 Å². The van der Waals surface area contributed by atoms with E-state index in [1.54, 1.807) is 0 Å². The molecule has 1 fully saturated rings. The van der Waals surface area contributed by atoms with Gasteiger partial charge in [-0.15, -0.1) is 0 Å². The van der Waals surface area contributed by atoms with Gasteiger partial charge in [-0.2, -0.15) is 0 Å². The Morgan fingerprint density at radius 2 is 2.17 bits per heavy atom. The average Bonchev–Trinajstić information content (AvgIpc) is 2.43. The maximum Gasteiger partial charge on any atom is 0.0967 e. The van der Waals surface area contributed by atoms with Gasteiger partial charge in [0.2, 0.25) is 0 Å². The largest absolute Gasteiger partial charge is 0.385 e. The van der Waals surface area contributed by atoms with Gasteiger partial charge >= 0.3 is 0 Å². The normalized spacial score (nSPS) is 36.9. The summed E-state index contributed by atoms with van der Waals surface area (Å²) in [5.41, 5.74) is 2.14. The minimum Gasteiger partial charge on any atom is -0.385 e. The first-order chi connectivity index (χ1) is 5.82. The van der Waals surface area contributed by atoms with E-state index in [2.05, 4.69) is 18.2 Å². The molecule has 0 amide bonds. The van der Waals surface area contributed by atoms with Gasteiger partial charge in [-0.1, -0.05) is 24.3 Å². The fourth-order valence-electron chi connectivity index (χ4n) is 2.84. The summed E-state index contributed by atoms with van der Waals surface area (Å²) in [6.07, 6.45) is 3.32. The highest BCUT2D eigenvalue weighted by atomic mass is 16.3. The lowest BCUT2D eigenvalue weighted by Crippen LogP contribution is -2.39. The molecule has 0 spiro atoms. The summed E-state index contributed by atoms with van der Waals surface area (Å²) in [5.74, 6) is 0.452. The smallest absolute Gasteiger partial charge is 0.0967 e. The summed E-state index contributed by atoms with van der Waals surface area (Å²) in [5, 5.41) is 10.2. The zero-order valence-electron chi connectivity index (χ0n) is 6.96. The summed E-state index contributed by atoms with van der Waals surface area (Å²) >= 11 is 0. The van der Waals surface area contributed by atoms with Crippen LogP contribution in [0.15, 0.2) is 24.3 Å². The Balaban J connectivity index is 2.19. The van der Waals surface area contributed by atoms with Crippen LogP contribution in [0.2, 0.25) is 0 Å². The summed E-state index contributed by atoms with van der Waals surface area (Å²) in [7, 11) is 0. The lowest BCUT2D eigenvalue weighted by molar-refractivity contribution is -0.000669. The quantitative estimate of drug-likeness (QED) is 0.616. The topological polar surface area (TPSA) is 20.2 Å². The summed E-state index contributed by atoms with van der Waals surface area (Å²) in [6.45, 7) is 0. The average molecular weight is 160 g/mol. The molecule has 1 nitrogen and oxygen atoms in total. The van der Waals surface area contributed by atoms with Crippen molar-refractivity contribution >= 4 is 0 Å². The van der Waals surface area contributed by atoms with Crippen molar-refractivity contribution in [2.75, 3.05) is 0 Å². The molecule has 0 heterocycles. The molecule has 0 unspecified atom stereocenters. The first-order valence-corrected chi connectivity index (χ1v) is 4.64. The standard InChI is InChI=1S/C11H12O/c12-11-7-3-6-10(11)8-4-1-2-5-9(8)11/h1-2,4-5,10,12H,3,6-7H2/t10-,11-/m1/s1. The van der Waals surface area contributed by atoms with Crippen LogP contribution in [0.1, 0.15) is 36.3 Å². The molecule has 0 aliphatic heterocycles. The van der Waals surface area contributed by atoms with Crippen molar-refractivity contribution in [3.63, 3.8) is 0 Å². The molecule has 1 heteroatoms. The van der Waals surface area contributed by atoms with Crippen LogP contribution >= 0.6 is 0 Å². The Morgan fingerprint density at radius 3 is 3.08 bits per heavy atom. The molecule has 62 valence electrons. The van der Waals surface area contributed by atoms with Crippen molar-refractivity contribution < 1.29 is 5.11 Å². The van der Waals surface area contributed by atoms with Crippen LogP contribution in [0.3, 0.4) is 0 Å². The van der Waals surface area contributed by atoms with Crippen LogP contribution in [0.4, 0.5) is 0 Å². The van der Waals surface area contributed by atoms with E-state index in [0.717, 1.165) is 6.42 Å². The fourth-order valence-corrected chi connectivity index (χ4v) is 2.84. The molecule has 1 aromatic rings. The highest BCUT2D eigenvalue weighted by molar-refractivity contribution is 5.48. The lowest BCUT2D eigenvalue weighted by atomic mass is 9.66. The summed E-state index contributed by atoms with van der Waals surface area (Å²) < 4.78 is 0. The van der Waals surface area contributed by atoms with Crippen molar-refractivity contribution in [1.29, 1.82) is 0 Å². The number of hydrogen-bond donors (Lipinski definition) is 1. The van der Waals surface area contributed by atoms with Gasteiger partial charge < -0.3 is 5.11 Å². The highest BCUT2D eigenvalue weighted by Gasteiger charge is 2.52. The first-order valence-electron chi connectivity index (χ1n) is 4.64. The summed E-state index contributed by atoms with van der Waals surface area (Å²) in [6, 6.07) is 8.30. The van der Waals surface area contributed by atoms with Gasteiger partial charge in [0.25, 0.3) is 0 Å². The molecule has 1 N–H and O–H groups in total. The Labute approximate surface area is 72.0 Å². The van der Waals surface area contributed by atoms with E-state index < -0.39 is 5.60 Å². The minimum absolute atomic E-state index is 0.434. The molecule has 1 aromatic carbocycles. The van der Waals surface area contributed by atoms with E-state index in [0.29, 0.717) is 5.92 Å². The Hall–Kier alpha value is -0.820. The molecule has 0 aromatic heterocycles. The van der Waals surface area contributed by atoms with Crippen LogP contribution in [-0.4, -0.2) is 5.11 Å². The van der Waals surface area contributed by atoms with Crippen LogP contribution < -0.4 is 0 Å². The maximum atomic E-state index is 10.2. The van der Waals surface area contributed by atoms with Gasteiger partial charge in [-0.25, -0.2) is 0 Å². The molecular weight excluding hydrogens is 148 g/mol. The maximum absolute atomic E-state index is 10.2. The number of hydrogen-bond acceptors (Lipinski definition) is 1. The Morgan fingerprint density at radius 1 is 1.33 bits per heavy atom. The second kappa shape index (κ2) is 1.91. The van der Waals surface area contributed by atoms with E-state index in [1.807, 2.05) is 6.07 Å². The van der Waals surface area contributed by atoms with E-state index in [9.17, 15) is 5.11 Å². The van der Waals surface area contributed by atoms with Crippen molar-refractivity contribution in [2.24, 2.45) is 0 Å². The number of fused-ring (bicyclic) bond motifs is 4. The van der Waals surface area contributed by atoms with Crippen molar-refractivity contribution in [1.82, 2.24) is 0 Å². The SMILES string of the molecule is O[C@@]12CCC[C@@H]1c1ccccc12. The molecule has 0 radical (unpaired) electrons. The molecule has 0 saturated heterocycles.